The van der Waals surface area contributed by atoms with E-state index < -0.39 is 11.8 Å². The summed E-state index contributed by atoms with van der Waals surface area (Å²) in [5.74, 6) is -0.802. The zero-order chi connectivity index (χ0) is 23.7. The molecule has 2 aromatic carbocycles. The summed E-state index contributed by atoms with van der Waals surface area (Å²) >= 11 is 0. The Morgan fingerprint density at radius 2 is 1.82 bits per heavy atom. The van der Waals surface area contributed by atoms with Gasteiger partial charge in [0.2, 0.25) is 5.91 Å². The van der Waals surface area contributed by atoms with Crippen LogP contribution in [-0.2, 0) is 11.3 Å². The number of benzene rings is 2. The highest BCUT2D eigenvalue weighted by Gasteiger charge is 2.18. The third kappa shape index (κ3) is 4.04. The van der Waals surface area contributed by atoms with Gasteiger partial charge in [-0.15, -0.1) is 0 Å². The van der Waals surface area contributed by atoms with Gasteiger partial charge in [-0.25, -0.2) is 14.5 Å². The zero-order valence-electron chi connectivity index (χ0n) is 18.3. The third-order valence-electron chi connectivity index (χ3n) is 5.43. The quantitative estimate of drug-likeness (QED) is 0.312. The Kier molecular flexibility index (Phi) is 5.38. The van der Waals surface area contributed by atoms with Gasteiger partial charge in [-0.3, -0.25) is 9.59 Å². The van der Waals surface area contributed by atoms with E-state index in [0.29, 0.717) is 45.6 Å². The molecule has 10 heteroatoms. The number of pyridine rings is 1. The van der Waals surface area contributed by atoms with Gasteiger partial charge < -0.3 is 20.6 Å². The van der Waals surface area contributed by atoms with E-state index in [1.807, 2.05) is 37.3 Å². The van der Waals surface area contributed by atoms with Crippen LogP contribution in [0.4, 0.5) is 5.69 Å². The number of aromatic nitrogens is 5. The van der Waals surface area contributed by atoms with Crippen molar-refractivity contribution >= 4 is 39.6 Å². The molecule has 0 radical (unpaired) electrons. The molecule has 0 atom stereocenters. The van der Waals surface area contributed by atoms with Gasteiger partial charge in [0.25, 0.3) is 5.91 Å². The Bertz CT molecular complexity index is 1580. The topological polar surface area (TPSA) is 138 Å². The molecule has 0 saturated carbocycles. The first-order chi connectivity index (χ1) is 16.5. The van der Waals surface area contributed by atoms with Gasteiger partial charge in [0.15, 0.2) is 5.65 Å². The summed E-state index contributed by atoms with van der Waals surface area (Å²) < 4.78 is 1.73. The molecule has 5 rings (SSSR count). The number of aromatic amines is 2. The van der Waals surface area contributed by atoms with Gasteiger partial charge in [-0.05, 0) is 31.2 Å². The summed E-state index contributed by atoms with van der Waals surface area (Å²) in [6.45, 7) is 2.33. The lowest BCUT2D eigenvalue weighted by molar-refractivity contribution is -0.115. The van der Waals surface area contributed by atoms with E-state index >= 15 is 0 Å². The van der Waals surface area contributed by atoms with Crippen LogP contribution in [0.3, 0.4) is 0 Å². The van der Waals surface area contributed by atoms with Crippen LogP contribution in [0, 0.1) is 0 Å². The molecule has 0 fully saturated rings. The van der Waals surface area contributed by atoms with Gasteiger partial charge in [0.05, 0.1) is 40.4 Å². The number of nitrogens with one attached hydrogen (secondary N) is 4. The molecule has 0 aliphatic carbocycles. The lowest BCUT2D eigenvalue weighted by Gasteiger charge is -2.10. The number of hydrogen-bond acceptors (Lipinski definition) is 5. The maximum Gasteiger partial charge on any atom is 0.323 e. The Balaban J connectivity index is 1.36. The van der Waals surface area contributed by atoms with E-state index in [1.165, 1.54) is 0 Å². The van der Waals surface area contributed by atoms with Gasteiger partial charge in [-0.2, -0.15) is 5.10 Å². The number of carbonyl (C=O) groups excluding carboxylic acids is 2. The van der Waals surface area contributed by atoms with Gasteiger partial charge in [0, 0.05) is 17.8 Å². The number of rotatable bonds is 6. The van der Waals surface area contributed by atoms with E-state index in [4.69, 9.17) is 4.98 Å². The minimum Gasteiger partial charge on any atom is -0.343 e. The Labute approximate surface area is 193 Å². The number of amides is 2. The molecular formula is C24H21N7O3. The van der Waals surface area contributed by atoms with Crippen molar-refractivity contribution in [2.45, 2.75) is 13.5 Å². The van der Waals surface area contributed by atoms with Crippen LogP contribution in [-0.4, -0.2) is 43.1 Å². The average Bonchev–Trinajstić information content (AvgIpc) is 3.44. The number of aryl methyl sites for hydroxylation is 1. The average molecular weight is 455 g/mol. The van der Waals surface area contributed by atoms with Crippen LogP contribution in [0.15, 0.2) is 65.6 Å². The Hall–Kier alpha value is -4.73. The normalized spacial score (nSPS) is 11.1. The summed E-state index contributed by atoms with van der Waals surface area (Å²) in [6, 6.07) is 16.3. The number of hydrogen-bond donors (Lipinski definition) is 4. The van der Waals surface area contributed by atoms with Crippen LogP contribution in [0.1, 0.15) is 17.3 Å². The number of anilines is 1. The molecule has 5 aromatic rings. The minimum absolute atomic E-state index is 0.229. The van der Waals surface area contributed by atoms with Gasteiger partial charge in [-0.1, -0.05) is 30.3 Å². The van der Waals surface area contributed by atoms with Crippen molar-refractivity contribution < 1.29 is 9.59 Å². The Morgan fingerprint density at radius 1 is 1.03 bits per heavy atom. The molecule has 0 saturated heterocycles. The second kappa shape index (κ2) is 8.66. The van der Waals surface area contributed by atoms with Crippen molar-refractivity contribution in [3.05, 3.63) is 76.8 Å². The number of fused-ring (bicyclic) bond motifs is 2. The zero-order valence-corrected chi connectivity index (χ0v) is 18.3. The standard InChI is InChI=1S/C24H21N7O3/c1-2-31-22-17(12-26-31)16(11-19(28-22)14-6-4-3-5-7-14)23(33)25-13-21(32)27-15-8-9-18-20(10-15)30-24(34)29-18/h3-12H,2,13H2,1H3,(H,25,33)(H,27,32)(H2,29,30,34). The van der Waals surface area contributed by atoms with Crippen molar-refractivity contribution in [2.75, 3.05) is 11.9 Å². The Morgan fingerprint density at radius 3 is 2.62 bits per heavy atom. The van der Waals surface area contributed by atoms with Crippen molar-refractivity contribution in [3.63, 3.8) is 0 Å². The summed E-state index contributed by atoms with van der Waals surface area (Å²) in [5, 5.41) is 10.3. The summed E-state index contributed by atoms with van der Waals surface area (Å²) in [4.78, 5) is 46.9. The van der Waals surface area contributed by atoms with Gasteiger partial charge in [0.1, 0.15) is 0 Å². The first-order valence-electron chi connectivity index (χ1n) is 10.7. The smallest absolute Gasteiger partial charge is 0.323 e. The fraction of sp³-hybridized carbons (Fsp3) is 0.125. The van der Waals surface area contributed by atoms with Crippen LogP contribution in [0.5, 0.6) is 0 Å². The van der Waals surface area contributed by atoms with E-state index in [2.05, 4.69) is 25.7 Å². The predicted molar refractivity (Wildman–Crippen MR) is 129 cm³/mol. The van der Waals surface area contributed by atoms with E-state index in [1.54, 1.807) is 35.1 Å². The molecule has 2 amide bonds. The fourth-order valence-electron chi connectivity index (χ4n) is 3.80. The molecule has 0 bridgehead atoms. The highest BCUT2D eigenvalue weighted by molar-refractivity contribution is 6.08. The van der Waals surface area contributed by atoms with Crippen LogP contribution in [0.25, 0.3) is 33.3 Å². The molecule has 3 aromatic heterocycles. The van der Waals surface area contributed by atoms with Gasteiger partial charge >= 0.3 is 5.69 Å². The third-order valence-corrected chi connectivity index (χ3v) is 5.43. The van der Waals surface area contributed by atoms with Crippen molar-refractivity contribution in [1.82, 2.24) is 30.0 Å². The second-order valence-electron chi connectivity index (χ2n) is 7.69. The monoisotopic (exact) mass is 455 g/mol. The molecule has 0 aliphatic heterocycles. The lowest BCUT2D eigenvalue weighted by Crippen LogP contribution is -2.33. The predicted octanol–water partition coefficient (Wildman–Crippen LogP) is 2.66. The first-order valence-corrected chi connectivity index (χ1v) is 10.7. The SMILES string of the molecule is CCn1ncc2c(C(=O)NCC(=O)Nc3ccc4[nH]c(=O)[nH]c4c3)cc(-c3ccccc3)nc21. The summed E-state index contributed by atoms with van der Waals surface area (Å²) in [5.41, 5.74) is 3.91. The highest BCUT2D eigenvalue weighted by Crippen LogP contribution is 2.25. The first kappa shape index (κ1) is 21.1. The summed E-state index contributed by atoms with van der Waals surface area (Å²) in [7, 11) is 0. The molecule has 34 heavy (non-hydrogen) atoms. The lowest BCUT2D eigenvalue weighted by atomic mass is 10.1. The number of imidazole rings is 1. The van der Waals surface area contributed by atoms with Crippen LogP contribution in [0.2, 0.25) is 0 Å². The maximum absolute atomic E-state index is 13.1. The minimum atomic E-state index is -0.402. The largest absolute Gasteiger partial charge is 0.343 e. The van der Waals surface area contributed by atoms with Crippen molar-refractivity contribution in [2.24, 2.45) is 0 Å². The highest BCUT2D eigenvalue weighted by atomic mass is 16.2. The number of H-pyrrole nitrogens is 2. The molecule has 3 heterocycles. The molecular weight excluding hydrogens is 434 g/mol. The molecule has 10 nitrogen and oxygen atoms in total. The molecule has 170 valence electrons. The van der Waals surface area contributed by atoms with E-state index in [-0.39, 0.29) is 12.2 Å². The van der Waals surface area contributed by atoms with Crippen molar-refractivity contribution in [1.29, 1.82) is 0 Å². The fourth-order valence-corrected chi connectivity index (χ4v) is 3.80. The molecule has 0 aliphatic rings. The maximum atomic E-state index is 13.1. The number of carbonyl (C=O) groups is 2. The second-order valence-corrected chi connectivity index (χ2v) is 7.69. The number of nitrogens with zero attached hydrogens (tertiary/aromatic N) is 3. The van der Waals surface area contributed by atoms with Crippen molar-refractivity contribution in [3.8, 4) is 11.3 Å². The molecule has 4 N–H and O–H groups in total. The summed E-state index contributed by atoms with van der Waals surface area (Å²) in [6.07, 6.45) is 1.61. The molecule has 0 unspecified atom stereocenters. The van der Waals surface area contributed by atoms with E-state index in [0.717, 1.165) is 5.56 Å². The van der Waals surface area contributed by atoms with Crippen LogP contribution >= 0.6 is 0 Å². The van der Waals surface area contributed by atoms with Crippen LogP contribution < -0.4 is 16.3 Å². The van der Waals surface area contributed by atoms with E-state index in [9.17, 15) is 14.4 Å². The molecule has 0 spiro atoms.